The number of ketones is 1. The average molecular weight is 537 g/mol. The number of ether oxygens (including phenoxy) is 1. The van der Waals surface area contributed by atoms with Crippen molar-refractivity contribution in [3.8, 4) is 11.5 Å². The molecule has 0 bridgehead atoms. The molecule has 0 saturated heterocycles. The van der Waals surface area contributed by atoms with Gasteiger partial charge in [0.15, 0.2) is 17.3 Å². The molecule has 3 amide bonds. The van der Waals surface area contributed by atoms with Crippen LogP contribution < -0.4 is 20.7 Å². The molecule has 1 aromatic heterocycles. The second-order valence-electron chi connectivity index (χ2n) is 9.00. The van der Waals surface area contributed by atoms with E-state index in [9.17, 15) is 23.2 Å². The van der Waals surface area contributed by atoms with Crippen molar-refractivity contribution in [1.29, 1.82) is 0 Å². The van der Waals surface area contributed by atoms with Gasteiger partial charge in [-0.1, -0.05) is 17.7 Å². The van der Waals surface area contributed by atoms with Crippen LogP contribution in [0.3, 0.4) is 0 Å². The summed E-state index contributed by atoms with van der Waals surface area (Å²) in [5, 5.41) is 7.68. The standard InChI is InChI=1S/C29H30F2N4O4/c1-19(2)15-23(36)5-3-4-13-32-27-18-24(12-14-33-27)39-26-11-10-22(17-25(26)31)34-29(38)35-28(37)16-20-6-8-21(30)9-7-20/h6-12,14-15,17-18H,3-5,13,16H2,1-2H3,(H,32,33)(H2,34,35,37,38). The Bertz CT molecular complexity index is 1340. The Kier molecular flexibility index (Phi) is 10.7. The van der Waals surface area contributed by atoms with Crippen LogP contribution >= 0.6 is 0 Å². The number of pyridine rings is 1. The van der Waals surface area contributed by atoms with E-state index < -0.39 is 23.6 Å². The number of unbranched alkanes of at least 4 members (excludes halogenated alkanes) is 1. The van der Waals surface area contributed by atoms with E-state index in [1.54, 1.807) is 18.2 Å². The van der Waals surface area contributed by atoms with Crippen LogP contribution in [0.1, 0.15) is 38.7 Å². The minimum atomic E-state index is -0.832. The average Bonchev–Trinajstić information content (AvgIpc) is 2.86. The molecule has 10 heteroatoms. The smallest absolute Gasteiger partial charge is 0.325 e. The number of allylic oxidation sites excluding steroid dienone is 2. The van der Waals surface area contributed by atoms with Crippen LogP contribution in [-0.2, 0) is 16.0 Å². The van der Waals surface area contributed by atoms with E-state index in [1.807, 2.05) is 13.8 Å². The summed E-state index contributed by atoms with van der Waals surface area (Å²) in [7, 11) is 0. The fraction of sp³-hybridized carbons (Fsp3) is 0.241. The summed E-state index contributed by atoms with van der Waals surface area (Å²) in [6.07, 6.45) is 5.07. The van der Waals surface area contributed by atoms with Crippen LogP contribution in [0, 0.1) is 11.6 Å². The fourth-order valence-corrected chi connectivity index (χ4v) is 3.52. The molecule has 0 atom stereocenters. The van der Waals surface area contributed by atoms with Gasteiger partial charge in [-0.3, -0.25) is 14.9 Å². The van der Waals surface area contributed by atoms with Gasteiger partial charge in [-0.05, 0) is 68.7 Å². The molecular formula is C29H30F2N4O4. The monoisotopic (exact) mass is 536 g/mol. The first-order valence-corrected chi connectivity index (χ1v) is 12.4. The highest BCUT2D eigenvalue weighted by Gasteiger charge is 2.12. The quantitative estimate of drug-likeness (QED) is 0.189. The number of hydrogen-bond donors (Lipinski definition) is 3. The second-order valence-corrected chi connectivity index (χ2v) is 9.00. The first-order chi connectivity index (χ1) is 18.7. The highest BCUT2D eigenvalue weighted by atomic mass is 19.1. The number of carbonyl (C=O) groups excluding carboxylic acids is 3. The van der Waals surface area contributed by atoms with Gasteiger partial charge in [-0.25, -0.2) is 18.6 Å². The molecule has 0 aliphatic rings. The summed E-state index contributed by atoms with van der Waals surface area (Å²) < 4.78 is 33.2. The number of anilines is 2. The molecule has 39 heavy (non-hydrogen) atoms. The van der Waals surface area contributed by atoms with E-state index in [1.165, 1.54) is 42.6 Å². The number of nitrogens with one attached hydrogen (secondary N) is 3. The van der Waals surface area contributed by atoms with Gasteiger partial charge in [0.1, 0.15) is 17.4 Å². The van der Waals surface area contributed by atoms with Gasteiger partial charge in [0.05, 0.1) is 6.42 Å². The van der Waals surface area contributed by atoms with Crippen molar-refractivity contribution >= 4 is 29.2 Å². The molecule has 0 radical (unpaired) electrons. The van der Waals surface area contributed by atoms with Crippen LogP contribution in [0.25, 0.3) is 0 Å². The Morgan fingerprint density at radius 2 is 1.74 bits per heavy atom. The lowest BCUT2D eigenvalue weighted by molar-refractivity contribution is -0.119. The maximum Gasteiger partial charge on any atom is 0.325 e. The van der Waals surface area contributed by atoms with E-state index in [0.717, 1.165) is 24.5 Å². The molecule has 0 spiro atoms. The Hall–Kier alpha value is -4.60. The fourth-order valence-electron chi connectivity index (χ4n) is 3.52. The predicted molar refractivity (Wildman–Crippen MR) is 145 cm³/mol. The highest BCUT2D eigenvalue weighted by molar-refractivity contribution is 6.01. The molecule has 0 fully saturated rings. The number of aromatic nitrogens is 1. The zero-order valence-electron chi connectivity index (χ0n) is 21.7. The molecule has 0 aliphatic carbocycles. The molecule has 0 unspecified atom stereocenters. The van der Waals surface area contributed by atoms with E-state index in [0.29, 0.717) is 30.1 Å². The molecule has 3 N–H and O–H groups in total. The van der Waals surface area contributed by atoms with E-state index in [-0.39, 0.29) is 23.6 Å². The number of nitrogens with zero attached hydrogens (tertiary/aromatic N) is 1. The van der Waals surface area contributed by atoms with Crippen LogP contribution in [0.5, 0.6) is 11.5 Å². The number of hydrogen-bond acceptors (Lipinski definition) is 6. The van der Waals surface area contributed by atoms with Crippen molar-refractivity contribution in [3.63, 3.8) is 0 Å². The van der Waals surface area contributed by atoms with Crippen molar-refractivity contribution in [2.45, 2.75) is 39.5 Å². The third-order valence-corrected chi connectivity index (χ3v) is 5.29. The van der Waals surface area contributed by atoms with Gasteiger partial charge in [0, 0.05) is 37.0 Å². The maximum atomic E-state index is 14.6. The molecule has 0 saturated carbocycles. The van der Waals surface area contributed by atoms with Gasteiger partial charge in [-0.15, -0.1) is 0 Å². The van der Waals surface area contributed by atoms with Crippen LogP contribution in [-0.4, -0.2) is 29.3 Å². The zero-order valence-corrected chi connectivity index (χ0v) is 21.7. The molecule has 8 nitrogen and oxygen atoms in total. The first-order valence-electron chi connectivity index (χ1n) is 12.4. The van der Waals surface area contributed by atoms with Crippen LogP contribution in [0.15, 0.2) is 72.4 Å². The predicted octanol–water partition coefficient (Wildman–Crippen LogP) is 6.16. The highest BCUT2D eigenvalue weighted by Crippen LogP contribution is 2.27. The van der Waals surface area contributed by atoms with E-state index in [2.05, 4.69) is 20.9 Å². The lowest BCUT2D eigenvalue weighted by Crippen LogP contribution is -2.35. The molecule has 3 aromatic rings. The normalized spacial score (nSPS) is 10.4. The summed E-state index contributed by atoms with van der Waals surface area (Å²) >= 11 is 0. The summed E-state index contributed by atoms with van der Waals surface area (Å²) in [4.78, 5) is 40.1. The largest absolute Gasteiger partial charge is 0.454 e. The topological polar surface area (TPSA) is 109 Å². The third-order valence-electron chi connectivity index (χ3n) is 5.29. The lowest BCUT2D eigenvalue weighted by atomic mass is 10.1. The minimum Gasteiger partial charge on any atom is -0.454 e. The number of rotatable bonds is 12. The summed E-state index contributed by atoms with van der Waals surface area (Å²) in [6, 6.07) is 11.5. The first kappa shape index (κ1) is 29.0. The number of imide groups is 1. The molecular weight excluding hydrogens is 506 g/mol. The number of amides is 3. The maximum absolute atomic E-state index is 14.6. The number of carbonyl (C=O) groups is 3. The Morgan fingerprint density at radius 1 is 0.974 bits per heavy atom. The van der Waals surface area contributed by atoms with Crippen molar-refractivity contribution in [3.05, 3.63) is 89.6 Å². The van der Waals surface area contributed by atoms with Crippen LogP contribution in [0.4, 0.5) is 25.1 Å². The SMILES string of the molecule is CC(C)=CC(=O)CCCCNc1cc(Oc2ccc(NC(=O)NC(=O)Cc3ccc(F)cc3)cc2F)ccn1. The molecule has 204 valence electrons. The number of urea groups is 1. The van der Waals surface area contributed by atoms with Gasteiger partial charge in [-0.2, -0.15) is 0 Å². The Labute approximate surface area is 225 Å². The van der Waals surface area contributed by atoms with Crippen molar-refractivity contribution in [1.82, 2.24) is 10.3 Å². The van der Waals surface area contributed by atoms with E-state index in [4.69, 9.17) is 4.74 Å². The van der Waals surface area contributed by atoms with Gasteiger partial charge >= 0.3 is 6.03 Å². The van der Waals surface area contributed by atoms with Crippen molar-refractivity contribution in [2.75, 3.05) is 17.2 Å². The number of halogens is 2. The lowest BCUT2D eigenvalue weighted by Gasteiger charge is -2.11. The number of benzene rings is 2. The third kappa shape index (κ3) is 10.4. The second kappa shape index (κ2) is 14.4. The Balaban J connectivity index is 1.46. The van der Waals surface area contributed by atoms with Gasteiger partial charge < -0.3 is 15.4 Å². The Morgan fingerprint density at radius 3 is 2.46 bits per heavy atom. The molecule has 3 rings (SSSR count). The zero-order chi connectivity index (χ0) is 28.2. The summed E-state index contributed by atoms with van der Waals surface area (Å²) in [5.74, 6) is -0.801. The molecule has 2 aromatic carbocycles. The van der Waals surface area contributed by atoms with E-state index >= 15 is 0 Å². The van der Waals surface area contributed by atoms with Gasteiger partial charge in [0.25, 0.3) is 0 Å². The van der Waals surface area contributed by atoms with Gasteiger partial charge in [0.2, 0.25) is 5.91 Å². The summed E-state index contributed by atoms with van der Waals surface area (Å²) in [5.41, 5.74) is 1.64. The van der Waals surface area contributed by atoms with Crippen LogP contribution in [0.2, 0.25) is 0 Å². The van der Waals surface area contributed by atoms with Crippen molar-refractivity contribution < 1.29 is 27.9 Å². The minimum absolute atomic E-state index is 0.0664. The molecule has 1 heterocycles. The summed E-state index contributed by atoms with van der Waals surface area (Å²) in [6.45, 7) is 4.39. The molecule has 0 aliphatic heterocycles. The van der Waals surface area contributed by atoms with Crippen molar-refractivity contribution in [2.24, 2.45) is 0 Å².